The number of hydrogen-bond donors (Lipinski definition) is 2. The number of nitriles is 1. The van der Waals surface area contributed by atoms with E-state index in [1.54, 1.807) is 6.07 Å². The fourth-order valence-electron chi connectivity index (χ4n) is 3.90. The van der Waals surface area contributed by atoms with Gasteiger partial charge in [0.25, 0.3) is 5.91 Å². The molecule has 4 rings (SSSR count). The molecule has 0 aliphatic carbocycles. The topological polar surface area (TPSA) is 118 Å². The lowest BCUT2D eigenvalue weighted by molar-refractivity contribution is -0.132. The van der Waals surface area contributed by atoms with Crippen LogP contribution in [0.3, 0.4) is 0 Å². The summed E-state index contributed by atoms with van der Waals surface area (Å²) in [6.45, 7) is 1.75. The number of ether oxygens (including phenoxy) is 2. The molecule has 2 N–H and O–H groups in total. The predicted octanol–water partition coefficient (Wildman–Crippen LogP) is 1.72. The van der Waals surface area contributed by atoms with Gasteiger partial charge < -0.3 is 20.1 Å². The summed E-state index contributed by atoms with van der Waals surface area (Å²) in [7, 11) is -3.43. The summed E-state index contributed by atoms with van der Waals surface area (Å²) >= 11 is 0. The van der Waals surface area contributed by atoms with Crippen LogP contribution in [-0.2, 0) is 32.4 Å². The number of benzene rings is 2. The molecule has 0 saturated carbocycles. The number of halogens is 1. The Morgan fingerprint density at radius 2 is 2.15 bits per heavy atom. The zero-order chi connectivity index (χ0) is 23.6. The standard InChI is InChI=1S/C23H24FN3O5S/c1-33(29,30)17-4-3-14-13-32-21-8-15(20(24)10-19(21)18(14)9-17)7-16(11-25)27-23(28)22-12-26-5-2-6-31-22/h3-4,8-10,16,22,26H,2,5-7,12-13H2,1H3,(H,27,28)/t16-,22+/m1/s1. The van der Waals surface area contributed by atoms with Crippen molar-refractivity contribution in [2.45, 2.75) is 36.5 Å². The van der Waals surface area contributed by atoms with Crippen LogP contribution in [0.25, 0.3) is 11.1 Å². The summed E-state index contributed by atoms with van der Waals surface area (Å²) in [6, 6.07) is 8.51. The zero-order valence-corrected chi connectivity index (χ0v) is 18.9. The third kappa shape index (κ3) is 5.16. The molecule has 1 fully saturated rings. The van der Waals surface area contributed by atoms with Crippen LogP contribution in [-0.4, -0.2) is 52.4 Å². The van der Waals surface area contributed by atoms with Gasteiger partial charge in [0.1, 0.15) is 30.3 Å². The van der Waals surface area contributed by atoms with Gasteiger partial charge >= 0.3 is 0 Å². The number of rotatable bonds is 5. The average Bonchev–Trinajstić information content (AvgIpc) is 3.08. The van der Waals surface area contributed by atoms with Gasteiger partial charge in [-0.2, -0.15) is 5.26 Å². The minimum Gasteiger partial charge on any atom is -0.488 e. The van der Waals surface area contributed by atoms with Crippen molar-refractivity contribution in [1.82, 2.24) is 10.6 Å². The van der Waals surface area contributed by atoms with Gasteiger partial charge in [0.15, 0.2) is 9.84 Å². The number of nitrogens with zero attached hydrogens (tertiary/aromatic N) is 1. The molecule has 1 amide bonds. The van der Waals surface area contributed by atoms with Crippen LogP contribution in [0.1, 0.15) is 17.5 Å². The lowest BCUT2D eigenvalue weighted by Gasteiger charge is -2.23. The highest BCUT2D eigenvalue weighted by atomic mass is 32.2. The second-order valence-corrected chi connectivity index (χ2v) is 10.1. The van der Waals surface area contributed by atoms with E-state index in [9.17, 15) is 18.5 Å². The SMILES string of the molecule is CS(=O)(=O)c1ccc2c(c1)-c1cc(F)c(C[C@H](C#N)NC(=O)[C@@H]3CNCCCO3)cc1OC2. The lowest BCUT2D eigenvalue weighted by atomic mass is 9.94. The molecular formula is C23H24FN3O5S. The molecule has 2 heterocycles. The van der Waals surface area contributed by atoms with E-state index in [1.807, 2.05) is 6.07 Å². The molecule has 2 aromatic rings. The van der Waals surface area contributed by atoms with Crippen molar-refractivity contribution in [3.63, 3.8) is 0 Å². The summed E-state index contributed by atoms with van der Waals surface area (Å²) in [4.78, 5) is 12.6. The number of hydrogen-bond acceptors (Lipinski definition) is 7. The normalized spacial score (nSPS) is 18.6. The molecule has 2 aliphatic heterocycles. The Hall–Kier alpha value is -3.00. The largest absolute Gasteiger partial charge is 0.488 e. The minimum absolute atomic E-state index is 0.0545. The zero-order valence-electron chi connectivity index (χ0n) is 18.1. The Morgan fingerprint density at radius 3 is 2.91 bits per heavy atom. The van der Waals surface area contributed by atoms with E-state index in [2.05, 4.69) is 10.6 Å². The second kappa shape index (κ2) is 9.47. The van der Waals surface area contributed by atoms with Gasteiger partial charge in [0, 0.05) is 31.4 Å². The summed E-state index contributed by atoms with van der Waals surface area (Å²) in [5.74, 6) is -0.603. The smallest absolute Gasteiger partial charge is 0.251 e. The quantitative estimate of drug-likeness (QED) is 0.679. The van der Waals surface area contributed by atoms with Crippen molar-refractivity contribution < 1.29 is 27.1 Å². The number of carbonyl (C=O) groups excluding carboxylic acids is 1. The Morgan fingerprint density at radius 1 is 1.33 bits per heavy atom. The third-order valence-corrected chi connectivity index (χ3v) is 6.78. The van der Waals surface area contributed by atoms with Gasteiger partial charge in [-0.3, -0.25) is 4.79 Å². The van der Waals surface area contributed by atoms with Crippen LogP contribution in [0.4, 0.5) is 4.39 Å². The van der Waals surface area contributed by atoms with Gasteiger partial charge in [-0.05, 0) is 53.9 Å². The highest BCUT2D eigenvalue weighted by Gasteiger charge is 2.26. The molecule has 10 heteroatoms. The van der Waals surface area contributed by atoms with Crippen molar-refractivity contribution >= 4 is 15.7 Å². The molecule has 2 atom stereocenters. The van der Waals surface area contributed by atoms with Gasteiger partial charge in [-0.15, -0.1) is 0 Å². The van der Waals surface area contributed by atoms with Gasteiger partial charge in [-0.1, -0.05) is 6.07 Å². The maximum atomic E-state index is 15.0. The summed E-state index contributed by atoms with van der Waals surface area (Å²) < 4.78 is 50.2. The molecule has 0 unspecified atom stereocenters. The molecule has 0 aromatic heterocycles. The van der Waals surface area contributed by atoms with E-state index in [-0.39, 0.29) is 23.5 Å². The van der Waals surface area contributed by atoms with Crippen molar-refractivity contribution in [3.05, 3.63) is 47.3 Å². The highest BCUT2D eigenvalue weighted by Crippen LogP contribution is 2.40. The Kier molecular flexibility index (Phi) is 6.65. The molecule has 0 bridgehead atoms. The summed E-state index contributed by atoms with van der Waals surface area (Å²) in [5.41, 5.74) is 2.00. The van der Waals surface area contributed by atoms with Crippen molar-refractivity contribution in [3.8, 4) is 22.9 Å². The van der Waals surface area contributed by atoms with Crippen LogP contribution < -0.4 is 15.4 Å². The molecule has 1 saturated heterocycles. The van der Waals surface area contributed by atoms with E-state index >= 15 is 4.39 Å². The third-order valence-electron chi connectivity index (χ3n) is 5.67. The van der Waals surface area contributed by atoms with Crippen LogP contribution in [0.5, 0.6) is 5.75 Å². The van der Waals surface area contributed by atoms with Crippen molar-refractivity contribution in [2.75, 3.05) is 26.0 Å². The number of fused-ring (bicyclic) bond motifs is 3. The number of sulfone groups is 1. The maximum absolute atomic E-state index is 15.0. The lowest BCUT2D eigenvalue weighted by Crippen LogP contribution is -2.46. The molecule has 174 valence electrons. The van der Waals surface area contributed by atoms with Gasteiger partial charge in [0.05, 0.1) is 11.0 Å². The number of amides is 1. The van der Waals surface area contributed by atoms with E-state index < -0.39 is 33.7 Å². The minimum atomic E-state index is -3.43. The molecule has 2 aromatic carbocycles. The molecule has 2 aliphatic rings. The summed E-state index contributed by atoms with van der Waals surface area (Å²) in [5, 5.41) is 15.2. The fraction of sp³-hybridized carbons (Fsp3) is 0.391. The van der Waals surface area contributed by atoms with E-state index in [0.29, 0.717) is 30.0 Å². The van der Waals surface area contributed by atoms with E-state index in [1.165, 1.54) is 24.3 Å². The summed E-state index contributed by atoms with van der Waals surface area (Å²) in [6.07, 6.45) is 1.15. The van der Waals surface area contributed by atoms with Crippen molar-refractivity contribution in [2.24, 2.45) is 0 Å². The van der Waals surface area contributed by atoms with Crippen LogP contribution in [0, 0.1) is 17.1 Å². The van der Waals surface area contributed by atoms with Crippen LogP contribution in [0.15, 0.2) is 35.2 Å². The fourth-order valence-corrected chi connectivity index (χ4v) is 4.54. The Bertz CT molecular complexity index is 1220. The molecule has 33 heavy (non-hydrogen) atoms. The Balaban J connectivity index is 1.56. The number of nitrogens with one attached hydrogen (secondary N) is 2. The first kappa shape index (κ1) is 23.2. The maximum Gasteiger partial charge on any atom is 0.251 e. The first-order valence-electron chi connectivity index (χ1n) is 10.6. The monoisotopic (exact) mass is 473 g/mol. The van der Waals surface area contributed by atoms with E-state index in [0.717, 1.165) is 24.8 Å². The molecule has 8 nitrogen and oxygen atoms in total. The van der Waals surface area contributed by atoms with Crippen LogP contribution >= 0.6 is 0 Å². The van der Waals surface area contributed by atoms with Crippen LogP contribution in [0.2, 0.25) is 0 Å². The van der Waals surface area contributed by atoms with E-state index in [4.69, 9.17) is 9.47 Å². The molecular weight excluding hydrogens is 449 g/mol. The predicted molar refractivity (Wildman–Crippen MR) is 118 cm³/mol. The van der Waals surface area contributed by atoms with Crippen molar-refractivity contribution in [1.29, 1.82) is 5.26 Å². The van der Waals surface area contributed by atoms with Gasteiger partial charge in [0.2, 0.25) is 0 Å². The molecule has 0 radical (unpaired) electrons. The Labute approximate surface area is 191 Å². The highest BCUT2D eigenvalue weighted by molar-refractivity contribution is 7.90. The van der Waals surface area contributed by atoms with Gasteiger partial charge in [-0.25, -0.2) is 12.8 Å². The first-order chi connectivity index (χ1) is 15.8. The number of carbonyl (C=O) groups is 1. The molecule has 0 spiro atoms. The average molecular weight is 474 g/mol. The second-order valence-electron chi connectivity index (χ2n) is 8.13. The first-order valence-corrected chi connectivity index (χ1v) is 12.5.